The summed E-state index contributed by atoms with van der Waals surface area (Å²) in [4.78, 5) is 19.5. The summed E-state index contributed by atoms with van der Waals surface area (Å²) in [6, 6.07) is 12.2. The van der Waals surface area contributed by atoms with E-state index in [2.05, 4.69) is 39.3 Å². The minimum atomic E-state index is -0.199. The van der Waals surface area contributed by atoms with Crippen LogP contribution in [0.3, 0.4) is 0 Å². The highest BCUT2D eigenvalue weighted by Crippen LogP contribution is 2.18. The second-order valence-corrected chi connectivity index (χ2v) is 8.32. The maximum Gasteiger partial charge on any atom is 0.274 e. The molecule has 3 rings (SSSR count). The van der Waals surface area contributed by atoms with Gasteiger partial charge in [-0.25, -0.2) is 0 Å². The number of nitrogens with zero attached hydrogens (tertiary/aromatic N) is 2. The van der Waals surface area contributed by atoms with Gasteiger partial charge in [0.05, 0.1) is 0 Å². The van der Waals surface area contributed by atoms with Gasteiger partial charge >= 0.3 is 0 Å². The maximum atomic E-state index is 12.8. The molecule has 1 aromatic heterocycles. The number of amides is 1. The SMILES string of the molecule is C=C(C)N/C(=C\C)c1ccc(NC(=O)c2cc(CN3CCCC(NCC)C3)ccn2)cc1. The van der Waals surface area contributed by atoms with E-state index in [1.807, 2.05) is 56.3 Å². The van der Waals surface area contributed by atoms with Crippen molar-refractivity contribution in [3.8, 4) is 0 Å². The fraction of sp³-hybridized carbons (Fsp3) is 0.385. The number of piperidine rings is 1. The van der Waals surface area contributed by atoms with Crippen molar-refractivity contribution in [2.75, 3.05) is 25.0 Å². The number of carbonyl (C=O) groups is 1. The van der Waals surface area contributed by atoms with Gasteiger partial charge in [-0.2, -0.15) is 0 Å². The van der Waals surface area contributed by atoms with Gasteiger partial charge in [-0.15, -0.1) is 0 Å². The Labute approximate surface area is 191 Å². The van der Waals surface area contributed by atoms with Crippen molar-refractivity contribution in [1.29, 1.82) is 0 Å². The van der Waals surface area contributed by atoms with E-state index < -0.39 is 0 Å². The van der Waals surface area contributed by atoms with Crippen LogP contribution in [-0.4, -0.2) is 41.5 Å². The molecule has 6 heteroatoms. The maximum absolute atomic E-state index is 12.8. The molecule has 1 atom stereocenters. The summed E-state index contributed by atoms with van der Waals surface area (Å²) in [5.41, 5.74) is 5.18. The third-order valence-corrected chi connectivity index (χ3v) is 5.55. The molecule has 1 aliphatic rings. The molecule has 0 bridgehead atoms. The Kier molecular flexibility index (Phi) is 8.59. The molecule has 2 aromatic rings. The molecule has 6 nitrogen and oxygen atoms in total. The van der Waals surface area contributed by atoms with Crippen LogP contribution in [0.4, 0.5) is 5.69 Å². The van der Waals surface area contributed by atoms with Crippen molar-refractivity contribution in [1.82, 2.24) is 20.5 Å². The summed E-state index contributed by atoms with van der Waals surface area (Å²) in [5, 5.41) is 9.75. The number of rotatable bonds is 9. The van der Waals surface area contributed by atoms with E-state index in [9.17, 15) is 4.79 Å². The number of hydrogen-bond acceptors (Lipinski definition) is 5. The van der Waals surface area contributed by atoms with Gasteiger partial charge in [0, 0.05) is 42.4 Å². The van der Waals surface area contributed by atoms with Crippen LogP contribution >= 0.6 is 0 Å². The fourth-order valence-corrected chi connectivity index (χ4v) is 4.08. The van der Waals surface area contributed by atoms with E-state index in [1.54, 1.807) is 6.20 Å². The zero-order valence-corrected chi connectivity index (χ0v) is 19.4. The third kappa shape index (κ3) is 6.77. The molecular formula is C26H35N5O. The van der Waals surface area contributed by atoms with Crippen molar-refractivity contribution in [3.63, 3.8) is 0 Å². The lowest BCUT2D eigenvalue weighted by molar-refractivity contribution is 0.102. The number of nitrogens with one attached hydrogen (secondary N) is 3. The molecule has 0 spiro atoms. The fourth-order valence-electron chi connectivity index (χ4n) is 4.08. The Bertz CT molecular complexity index is 949. The topological polar surface area (TPSA) is 69.3 Å². The average molecular weight is 434 g/mol. The van der Waals surface area contributed by atoms with Crippen LogP contribution in [0, 0.1) is 0 Å². The highest BCUT2D eigenvalue weighted by Gasteiger charge is 2.19. The van der Waals surface area contributed by atoms with E-state index in [-0.39, 0.29) is 5.91 Å². The summed E-state index contributed by atoms with van der Waals surface area (Å²) < 4.78 is 0. The van der Waals surface area contributed by atoms with Crippen molar-refractivity contribution in [2.45, 2.75) is 46.2 Å². The Morgan fingerprint density at radius 2 is 2.06 bits per heavy atom. The number of pyridine rings is 1. The number of hydrogen-bond donors (Lipinski definition) is 3. The molecule has 3 N–H and O–H groups in total. The minimum Gasteiger partial charge on any atom is -0.359 e. The quantitative estimate of drug-likeness (QED) is 0.547. The monoisotopic (exact) mass is 433 g/mol. The lowest BCUT2D eigenvalue weighted by Crippen LogP contribution is -2.45. The summed E-state index contributed by atoms with van der Waals surface area (Å²) >= 11 is 0. The molecular weight excluding hydrogens is 398 g/mol. The van der Waals surface area contributed by atoms with Crippen LogP contribution < -0.4 is 16.0 Å². The first kappa shape index (κ1) is 23.7. The molecule has 1 unspecified atom stereocenters. The first-order chi connectivity index (χ1) is 15.5. The molecule has 1 amide bonds. The molecule has 0 radical (unpaired) electrons. The summed E-state index contributed by atoms with van der Waals surface area (Å²) in [6.45, 7) is 13.9. The van der Waals surface area contributed by atoms with Gasteiger partial charge in [0.25, 0.3) is 5.91 Å². The van der Waals surface area contributed by atoms with Gasteiger partial charge in [0.1, 0.15) is 5.69 Å². The van der Waals surface area contributed by atoms with E-state index >= 15 is 0 Å². The summed E-state index contributed by atoms with van der Waals surface area (Å²) in [5.74, 6) is -0.199. The van der Waals surface area contributed by atoms with Crippen molar-refractivity contribution < 1.29 is 4.79 Å². The van der Waals surface area contributed by atoms with Crippen LogP contribution in [0.2, 0.25) is 0 Å². The molecule has 1 aliphatic heterocycles. The number of benzene rings is 1. The number of carbonyl (C=O) groups excluding carboxylic acids is 1. The third-order valence-electron chi connectivity index (χ3n) is 5.55. The first-order valence-electron chi connectivity index (χ1n) is 11.4. The standard InChI is InChI=1S/C26H35N5O/c1-5-24(29-19(3)4)21-9-11-22(12-10-21)30-26(32)25-16-20(13-14-28-25)17-31-15-7-8-23(18-31)27-6-2/h5,9-14,16,23,27,29H,3,6-8,15,17-18H2,1-2,4H3,(H,30,32)/b24-5-. The lowest BCUT2D eigenvalue weighted by atomic mass is 10.0. The largest absolute Gasteiger partial charge is 0.359 e. The van der Waals surface area contributed by atoms with Gasteiger partial charge in [-0.3, -0.25) is 14.7 Å². The van der Waals surface area contributed by atoms with Gasteiger partial charge in [-0.1, -0.05) is 31.7 Å². The molecule has 170 valence electrons. The molecule has 1 aromatic carbocycles. The highest BCUT2D eigenvalue weighted by molar-refractivity contribution is 6.03. The summed E-state index contributed by atoms with van der Waals surface area (Å²) in [7, 11) is 0. The van der Waals surface area contributed by atoms with Crippen LogP contribution in [0.1, 0.15) is 55.2 Å². The Morgan fingerprint density at radius 3 is 2.75 bits per heavy atom. The number of anilines is 1. The first-order valence-corrected chi connectivity index (χ1v) is 11.4. The Balaban J connectivity index is 1.61. The molecule has 1 saturated heterocycles. The zero-order chi connectivity index (χ0) is 22.9. The second kappa shape index (κ2) is 11.6. The van der Waals surface area contributed by atoms with Gasteiger partial charge in [0.2, 0.25) is 0 Å². The predicted molar refractivity (Wildman–Crippen MR) is 132 cm³/mol. The molecule has 32 heavy (non-hydrogen) atoms. The molecule has 0 aliphatic carbocycles. The van der Waals surface area contributed by atoms with Gasteiger partial charge in [-0.05, 0) is 75.2 Å². The van der Waals surface area contributed by atoms with Crippen LogP contribution in [0.15, 0.2) is 60.9 Å². The molecule has 2 heterocycles. The smallest absolute Gasteiger partial charge is 0.274 e. The van der Waals surface area contributed by atoms with E-state index in [1.165, 1.54) is 12.8 Å². The normalized spacial score (nSPS) is 17.1. The highest BCUT2D eigenvalue weighted by atomic mass is 16.1. The lowest BCUT2D eigenvalue weighted by Gasteiger charge is -2.33. The summed E-state index contributed by atoms with van der Waals surface area (Å²) in [6.07, 6.45) is 6.15. The molecule has 0 saturated carbocycles. The van der Waals surface area contributed by atoms with Crippen LogP contribution in [0.25, 0.3) is 5.70 Å². The second-order valence-electron chi connectivity index (χ2n) is 8.32. The molecule has 1 fully saturated rings. The number of likely N-dealkylation sites (N-methyl/N-ethyl adjacent to an activating group) is 1. The van der Waals surface area contributed by atoms with Gasteiger partial charge < -0.3 is 16.0 Å². The average Bonchev–Trinajstić information content (AvgIpc) is 2.78. The Morgan fingerprint density at radius 1 is 1.28 bits per heavy atom. The van der Waals surface area contributed by atoms with Gasteiger partial charge in [0.15, 0.2) is 0 Å². The number of likely N-dealkylation sites (tertiary alicyclic amines) is 1. The predicted octanol–water partition coefficient (Wildman–Crippen LogP) is 4.39. The van der Waals surface area contributed by atoms with E-state index in [4.69, 9.17) is 0 Å². The van der Waals surface area contributed by atoms with Crippen molar-refractivity contribution >= 4 is 17.3 Å². The van der Waals surface area contributed by atoms with Crippen LogP contribution in [0.5, 0.6) is 0 Å². The van der Waals surface area contributed by atoms with Crippen molar-refractivity contribution in [3.05, 3.63) is 77.8 Å². The number of allylic oxidation sites excluding steroid dienone is 2. The van der Waals surface area contributed by atoms with Crippen LogP contribution in [-0.2, 0) is 6.54 Å². The Hall–Kier alpha value is -2.96. The zero-order valence-electron chi connectivity index (χ0n) is 19.4. The number of aromatic nitrogens is 1. The minimum absolute atomic E-state index is 0.199. The van der Waals surface area contributed by atoms with Crippen molar-refractivity contribution in [2.24, 2.45) is 0 Å². The van der Waals surface area contributed by atoms with E-state index in [0.29, 0.717) is 11.7 Å². The van der Waals surface area contributed by atoms with E-state index in [0.717, 1.165) is 54.4 Å².